The number of ketones is 1. The quantitative estimate of drug-likeness (QED) is 0.706. The largest absolute Gasteiger partial charge is 0.508 e. The zero-order valence-electron chi connectivity index (χ0n) is 11.9. The summed E-state index contributed by atoms with van der Waals surface area (Å²) < 4.78 is 0. The Hall–Kier alpha value is -2.59. The molecule has 3 nitrogen and oxygen atoms in total. The SMILES string of the molecule is Cc1ccc(C(=O)c2ccc(-c3ccc(O)cc3)s2)cc1O. The first-order chi connectivity index (χ1) is 10.5. The molecule has 22 heavy (non-hydrogen) atoms. The smallest absolute Gasteiger partial charge is 0.203 e. The summed E-state index contributed by atoms with van der Waals surface area (Å²) in [7, 11) is 0. The van der Waals surface area contributed by atoms with E-state index in [4.69, 9.17) is 0 Å². The summed E-state index contributed by atoms with van der Waals surface area (Å²) in [6.45, 7) is 1.79. The number of aryl methyl sites for hydroxylation is 1. The summed E-state index contributed by atoms with van der Waals surface area (Å²) in [5.41, 5.74) is 2.17. The number of benzene rings is 2. The summed E-state index contributed by atoms with van der Waals surface area (Å²) in [5, 5.41) is 19.1. The Kier molecular flexibility index (Phi) is 3.69. The normalized spacial score (nSPS) is 10.6. The first-order valence-electron chi connectivity index (χ1n) is 6.78. The Balaban J connectivity index is 1.91. The van der Waals surface area contributed by atoms with E-state index < -0.39 is 0 Å². The van der Waals surface area contributed by atoms with E-state index in [-0.39, 0.29) is 17.3 Å². The lowest BCUT2D eigenvalue weighted by Gasteiger charge is -2.02. The van der Waals surface area contributed by atoms with Crippen LogP contribution in [0.15, 0.2) is 54.6 Å². The van der Waals surface area contributed by atoms with E-state index in [1.165, 1.54) is 17.4 Å². The van der Waals surface area contributed by atoms with Crippen molar-refractivity contribution in [1.29, 1.82) is 0 Å². The van der Waals surface area contributed by atoms with E-state index >= 15 is 0 Å². The van der Waals surface area contributed by atoms with Crippen molar-refractivity contribution < 1.29 is 15.0 Å². The number of carbonyl (C=O) groups excluding carboxylic acids is 1. The van der Waals surface area contributed by atoms with Gasteiger partial charge >= 0.3 is 0 Å². The van der Waals surface area contributed by atoms with Crippen molar-refractivity contribution in [2.24, 2.45) is 0 Å². The van der Waals surface area contributed by atoms with Crippen LogP contribution < -0.4 is 0 Å². The zero-order valence-corrected chi connectivity index (χ0v) is 12.7. The highest BCUT2D eigenvalue weighted by molar-refractivity contribution is 7.17. The number of hydrogen-bond donors (Lipinski definition) is 2. The number of thiophene rings is 1. The van der Waals surface area contributed by atoms with Gasteiger partial charge in [0.05, 0.1) is 4.88 Å². The van der Waals surface area contributed by atoms with E-state index in [9.17, 15) is 15.0 Å². The molecule has 1 aromatic heterocycles. The zero-order chi connectivity index (χ0) is 15.7. The molecule has 3 rings (SSSR count). The van der Waals surface area contributed by atoms with Crippen LogP contribution in [0.3, 0.4) is 0 Å². The Morgan fingerprint density at radius 2 is 1.68 bits per heavy atom. The fraction of sp³-hybridized carbons (Fsp3) is 0.0556. The van der Waals surface area contributed by atoms with Crippen LogP contribution in [-0.2, 0) is 0 Å². The second-order valence-electron chi connectivity index (χ2n) is 5.04. The monoisotopic (exact) mass is 310 g/mol. The van der Waals surface area contributed by atoms with Crippen molar-refractivity contribution in [3.8, 4) is 21.9 Å². The number of hydrogen-bond acceptors (Lipinski definition) is 4. The van der Waals surface area contributed by atoms with Gasteiger partial charge in [-0.15, -0.1) is 11.3 Å². The maximum absolute atomic E-state index is 12.5. The van der Waals surface area contributed by atoms with Gasteiger partial charge in [0, 0.05) is 10.4 Å². The molecule has 0 radical (unpaired) electrons. The van der Waals surface area contributed by atoms with Crippen LogP contribution in [0.2, 0.25) is 0 Å². The van der Waals surface area contributed by atoms with Gasteiger partial charge in [-0.05, 0) is 60.5 Å². The second-order valence-corrected chi connectivity index (χ2v) is 6.12. The van der Waals surface area contributed by atoms with Crippen LogP contribution in [0.25, 0.3) is 10.4 Å². The molecule has 0 aliphatic heterocycles. The molecule has 0 spiro atoms. The molecular formula is C18H14O3S. The molecule has 0 unspecified atom stereocenters. The van der Waals surface area contributed by atoms with Crippen molar-refractivity contribution in [3.05, 3.63) is 70.6 Å². The number of phenols is 2. The van der Waals surface area contributed by atoms with Crippen LogP contribution in [0.5, 0.6) is 11.5 Å². The number of phenolic OH excluding ortho intramolecular Hbond substituents is 2. The predicted octanol–water partition coefficient (Wildman–Crippen LogP) is 4.37. The maximum atomic E-state index is 12.5. The highest BCUT2D eigenvalue weighted by Gasteiger charge is 2.14. The number of aromatic hydroxyl groups is 2. The van der Waals surface area contributed by atoms with E-state index in [1.807, 2.05) is 18.2 Å². The molecule has 0 bridgehead atoms. The summed E-state index contributed by atoms with van der Waals surface area (Å²) in [6, 6.07) is 15.5. The highest BCUT2D eigenvalue weighted by Crippen LogP contribution is 2.31. The minimum absolute atomic E-state index is 0.106. The molecule has 2 N–H and O–H groups in total. The Bertz CT molecular complexity index is 832. The van der Waals surface area contributed by atoms with Gasteiger partial charge in [-0.25, -0.2) is 0 Å². The molecule has 1 heterocycles. The molecule has 110 valence electrons. The number of rotatable bonds is 3. The summed E-state index contributed by atoms with van der Waals surface area (Å²) >= 11 is 1.39. The van der Waals surface area contributed by atoms with Gasteiger partial charge in [0.1, 0.15) is 11.5 Å². The lowest BCUT2D eigenvalue weighted by Crippen LogP contribution is -1.98. The minimum Gasteiger partial charge on any atom is -0.508 e. The van der Waals surface area contributed by atoms with Gasteiger partial charge in [-0.2, -0.15) is 0 Å². The lowest BCUT2D eigenvalue weighted by molar-refractivity contribution is 0.104. The third-order valence-electron chi connectivity index (χ3n) is 3.45. The van der Waals surface area contributed by atoms with Gasteiger partial charge in [-0.3, -0.25) is 4.79 Å². The minimum atomic E-state index is -0.106. The molecule has 3 aromatic rings. The molecule has 4 heteroatoms. The van der Waals surface area contributed by atoms with E-state index in [0.29, 0.717) is 10.4 Å². The summed E-state index contributed by atoms with van der Waals surface area (Å²) in [4.78, 5) is 14.0. The molecule has 0 amide bonds. The molecule has 0 saturated carbocycles. The molecule has 2 aromatic carbocycles. The molecule has 0 fully saturated rings. The Morgan fingerprint density at radius 1 is 0.955 bits per heavy atom. The van der Waals surface area contributed by atoms with Crippen LogP contribution in [-0.4, -0.2) is 16.0 Å². The topological polar surface area (TPSA) is 57.5 Å². The van der Waals surface area contributed by atoms with Crippen LogP contribution in [0.4, 0.5) is 0 Å². The number of carbonyl (C=O) groups is 1. The van der Waals surface area contributed by atoms with E-state index in [2.05, 4.69) is 0 Å². The summed E-state index contributed by atoms with van der Waals surface area (Å²) in [6.07, 6.45) is 0. The van der Waals surface area contributed by atoms with Gasteiger partial charge in [0.15, 0.2) is 0 Å². The van der Waals surface area contributed by atoms with Gasteiger partial charge in [-0.1, -0.05) is 12.1 Å². The molecule has 0 aliphatic rings. The predicted molar refractivity (Wildman–Crippen MR) is 87.7 cm³/mol. The lowest BCUT2D eigenvalue weighted by atomic mass is 10.1. The standard InChI is InChI=1S/C18H14O3S/c1-11-2-3-13(10-15(11)20)18(21)17-9-8-16(22-17)12-4-6-14(19)7-5-12/h2-10,19-20H,1H3. The first-order valence-corrected chi connectivity index (χ1v) is 7.60. The average Bonchev–Trinajstić information content (AvgIpc) is 3.00. The average molecular weight is 310 g/mol. The van der Waals surface area contributed by atoms with Gasteiger partial charge in [0.2, 0.25) is 5.78 Å². The Morgan fingerprint density at radius 3 is 2.36 bits per heavy atom. The fourth-order valence-corrected chi connectivity index (χ4v) is 3.11. The molecule has 0 saturated heterocycles. The summed E-state index contributed by atoms with van der Waals surface area (Å²) in [5.74, 6) is 0.234. The van der Waals surface area contributed by atoms with E-state index in [0.717, 1.165) is 16.0 Å². The third kappa shape index (κ3) is 2.73. The molecular weight excluding hydrogens is 296 g/mol. The van der Waals surface area contributed by atoms with Crippen LogP contribution in [0, 0.1) is 6.92 Å². The van der Waals surface area contributed by atoms with Gasteiger partial charge < -0.3 is 10.2 Å². The molecule has 0 atom stereocenters. The fourth-order valence-electron chi connectivity index (χ4n) is 2.13. The highest BCUT2D eigenvalue weighted by atomic mass is 32.1. The first kappa shape index (κ1) is 14.4. The van der Waals surface area contributed by atoms with Crippen molar-refractivity contribution >= 4 is 17.1 Å². The second kappa shape index (κ2) is 5.66. The van der Waals surface area contributed by atoms with Gasteiger partial charge in [0.25, 0.3) is 0 Å². The van der Waals surface area contributed by atoms with Crippen molar-refractivity contribution in [2.45, 2.75) is 6.92 Å². The molecule has 0 aliphatic carbocycles. The Labute approximate surface area is 132 Å². The van der Waals surface area contributed by atoms with Crippen molar-refractivity contribution in [2.75, 3.05) is 0 Å². The third-order valence-corrected chi connectivity index (χ3v) is 4.59. The van der Waals surface area contributed by atoms with Crippen LogP contribution >= 0.6 is 11.3 Å². The van der Waals surface area contributed by atoms with Crippen molar-refractivity contribution in [1.82, 2.24) is 0 Å². The van der Waals surface area contributed by atoms with E-state index in [1.54, 1.807) is 37.3 Å². The van der Waals surface area contributed by atoms with Crippen molar-refractivity contribution in [3.63, 3.8) is 0 Å². The maximum Gasteiger partial charge on any atom is 0.203 e. The van der Waals surface area contributed by atoms with Crippen LogP contribution in [0.1, 0.15) is 20.8 Å².